The molecule has 20 heavy (non-hydrogen) atoms. The molecule has 2 rings (SSSR count). The molecule has 0 atom stereocenters. The minimum absolute atomic E-state index is 0.00111. The fourth-order valence-corrected chi connectivity index (χ4v) is 2.14. The summed E-state index contributed by atoms with van der Waals surface area (Å²) in [6, 6.07) is 9.09. The molecule has 0 aliphatic carbocycles. The highest BCUT2D eigenvalue weighted by atomic mass is 79.9. The Kier molecular flexibility index (Phi) is 4.62. The molecular formula is C14H9BrClFO3. The maximum absolute atomic E-state index is 13.7. The molecule has 0 bridgehead atoms. The van der Waals surface area contributed by atoms with E-state index in [0.717, 1.165) is 0 Å². The van der Waals surface area contributed by atoms with E-state index in [1.54, 1.807) is 12.1 Å². The third-order valence-corrected chi connectivity index (χ3v) is 3.37. The van der Waals surface area contributed by atoms with E-state index in [2.05, 4.69) is 15.9 Å². The standard InChI is InChI=1S/C14H9BrClFO3/c15-9-4-5-10(14(18)19)12(6-9)20-7-8-2-1-3-11(16)13(8)17/h1-6H,7H2,(H,18,19). The molecule has 3 nitrogen and oxygen atoms in total. The maximum atomic E-state index is 13.7. The van der Waals surface area contributed by atoms with Crippen LogP contribution in [0, 0.1) is 5.82 Å². The Bertz CT molecular complexity index is 661. The van der Waals surface area contributed by atoms with Gasteiger partial charge in [0.05, 0.1) is 5.02 Å². The summed E-state index contributed by atoms with van der Waals surface area (Å²) in [5, 5.41) is 9.06. The second kappa shape index (κ2) is 6.24. The van der Waals surface area contributed by atoms with Crippen LogP contribution in [0.25, 0.3) is 0 Å². The Morgan fingerprint density at radius 3 is 2.80 bits per heavy atom. The van der Waals surface area contributed by atoms with Crippen molar-refractivity contribution in [3.63, 3.8) is 0 Å². The van der Waals surface area contributed by atoms with E-state index in [-0.39, 0.29) is 28.5 Å². The van der Waals surface area contributed by atoms with Crippen LogP contribution in [0.2, 0.25) is 5.02 Å². The molecule has 0 saturated carbocycles. The van der Waals surface area contributed by atoms with Gasteiger partial charge in [-0.05, 0) is 24.3 Å². The van der Waals surface area contributed by atoms with E-state index in [0.29, 0.717) is 4.47 Å². The number of benzene rings is 2. The number of carbonyl (C=O) groups is 1. The number of aromatic carboxylic acids is 1. The Balaban J connectivity index is 2.24. The van der Waals surface area contributed by atoms with Gasteiger partial charge >= 0.3 is 5.97 Å². The van der Waals surface area contributed by atoms with E-state index in [1.807, 2.05) is 0 Å². The number of hydrogen-bond acceptors (Lipinski definition) is 2. The third kappa shape index (κ3) is 3.29. The van der Waals surface area contributed by atoms with Gasteiger partial charge in [-0.15, -0.1) is 0 Å². The van der Waals surface area contributed by atoms with Crippen molar-refractivity contribution < 1.29 is 19.0 Å². The zero-order valence-electron chi connectivity index (χ0n) is 10.1. The van der Waals surface area contributed by atoms with Crippen LogP contribution in [-0.2, 0) is 6.61 Å². The van der Waals surface area contributed by atoms with Crippen LogP contribution in [0.15, 0.2) is 40.9 Å². The van der Waals surface area contributed by atoms with Gasteiger partial charge in [0.25, 0.3) is 0 Å². The summed E-state index contributed by atoms with van der Waals surface area (Å²) in [7, 11) is 0. The lowest BCUT2D eigenvalue weighted by Gasteiger charge is -2.10. The molecular weight excluding hydrogens is 351 g/mol. The van der Waals surface area contributed by atoms with Gasteiger partial charge < -0.3 is 9.84 Å². The summed E-state index contributed by atoms with van der Waals surface area (Å²) in [4.78, 5) is 11.1. The lowest BCUT2D eigenvalue weighted by atomic mass is 10.2. The average molecular weight is 360 g/mol. The Morgan fingerprint density at radius 2 is 2.10 bits per heavy atom. The molecule has 0 amide bonds. The maximum Gasteiger partial charge on any atom is 0.339 e. The molecule has 0 fully saturated rings. The number of carboxylic acids is 1. The summed E-state index contributed by atoms with van der Waals surface area (Å²) < 4.78 is 19.8. The number of ether oxygens (including phenoxy) is 1. The van der Waals surface area contributed by atoms with Gasteiger partial charge in [-0.2, -0.15) is 0 Å². The number of rotatable bonds is 4. The summed E-state index contributed by atoms with van der Waals surface area (Å²) in [5.41, 5.74) is 0.268. The van der Waals surface area contributed by atoms with Gasteiger partial charge in [0.15, 0.2) is 0 Å². The van der Waals surface area contributed by atoms with Gasteiger partial charge in [-0.3, -0.25) is 0 Å². The smallest absolute Gasteiger partial charge is 0.339 e. The van der Waals surface area contributed by atoms with Gasteiger partial charge in [-0.1, -0.05) is 39.7 Å². The van der Waals surface area contributed by atoms with Crippen LogP contribution in [-0.4, -0.2) is 11.1 Å². The second-order valence-electron chi connectivity index (χ2n) is 3.95. The lowest BCUT2D eigenvalue weighted by Crippen LogP contribution is -2.04. The first-order chi connectivity index (χ1) is 9.49. The van der Waals surface area contributed by atoms with Gasteiger partial charge in [-0.25, -0.2) is 9.18 Å². The zero-order valence-corrected chi connectivity index (χ0v) is 12.4. The molecule has 0 aromatic heterocycles. The summed E-state index contributed by atoms with van der Waals surface area (Å²) in [6.45, 7) is -0.108. The van der Waals surface area contributed by atoms with Crippen LogP contribution in [0.4, 0.5) is 4.39 Å². The van der Waals surface area contributed by atoms with Crippen molar-refractivity contribution in [1.29, 1.82) is 0 Å². The Hall–Kier alpha value is -1.59. The van der Waals surface area contributed by atoms with Crippen molar-refractivity contribution in [3.8, 4) is 5.75 Å². The topological polar surface area (TPSA) is 46.5 Å². The van der Waals surface area contributed by atoms with Crippen LogP contribution < -0.4 is 4.74 Å². The minimum Gasteiger partial charge on any atom is -0.488 e. The molecule has 0 aliphatic heterocycles. The fraction of sp³-hybridized carbons (Fsp3) is 0.0714. The van der Waals surface area contributed by atoms with E-state index >= 15 is 0 Å². The molecule has 0 spiro atoms. The lowest BCUT2D eigenvalue weighted by molar-refractivity contribution is 0.0691. The van der Waals surface area contributed by atoms with E-state index in [4.69, 9.17) is 21.4 Å². The average Bonchev–Trinajstić information content (AvgIpc) is 2.40. The second-order valence-corrected chi connectivity index (χ2v) is 5.27. The monoisotopic (exact) mass is 358 g/mol. The Morgan fingerprint density at radius 1 is 1.35 bits per heavy atom. The zero-order chi connectivity index (χ0) is 14.7. The highest BCUT2D eigenvalue weighted by molar-refractivity contribution is 9.10. The summed E-state index contributed by atoms with van der Waals surface area (Å²) in [5.74, 6) is -1.52. The summed E-state index contributed by atoms with van der Waals surface area (Å²) in [6.07, 6.45) is 0. The van der Waals surface area contributed by atoms with E-state index in [9.17, 15) is 9.18 Å². The normalized spacial score (nSPS) is 10.3. The Labute approximate surface area is 128 Å². The van der Waals surface area contributed by atoms with Crippen LogP contribution in [0.3, 0.4) is 0 Å². The van der Waals surface area contributed by atoms with Crippen LogP contribution in [0.1, 0.15) is 15.9 Å². The highest BCUT2D eigenvalue weighted by Crippen LogP contribution is 2.26. The van der Waals surface area contributed by atoms with Crippen molar-refractivity contribution in [2.75, 3.05) is 0 Å². The molecule has 0 unspecified atom stereocenters. The molecule has 0 aliphatic rings. The predicted octanol–water partition coefficient (Wildman–Crippen LogP) is 4.52. The molecule has 2 aromatic carbocycles. The predicted molar refractivity (Wildman–Crippen MR) is 76.8 cm³/mol. The van der Waals surface area contributed by atoms with Crippen molar-refractivity contribution in [2.24, 2.45) is 0 Å². The van der Waals surface area contributed by atoms with Crippen molar-refractivity contribution in [3.05, 3.63) is 62.8 Å². The number of hydrogen-bond donors (Lipinski definition) is 1. The number of halogens is 3. The van der Waals surface area contributed by atoms with Crippen molar-refractivity contribution >= 4 is 33.5 Å². The quantitative estimate of drug-likeness (QED) is 0.873. The largest absolute Gasteiger partial charge is 0.488 e. The molecule has 0 saturated heterocycles. The first-order valence-corrected chi connectivity index (χ1v) is 6.74. The molecule has 104 valence electrons. The van der Waals surface area contributed by atoms with E-state index in [1.165, 1.54) is 24.3 Å². The highest BCUT2D eigenvalue weighted by Gasteiger charge is 2.13. The first-order valence-electron chi connectivity index (χ1n) is 5.57. The minimum atomic E-state index is -1.11. The van der Waals surface area contributed by atoms with Crippen molar-refractivity contribution in [1.82, 2.24) is 0 Å². The number of carboxylic acid groups (broad SMARTS) is 1. The van der Waals surface area contributed by atoms with Gasteiger partial charge in [0.1, 0.15) is 23.7 Å². The van der Waals surface area contributed by atoms with Gasteiger partial charge in [0, 0.05) is 10.0 Å². The van der Waals surface area contributed by atoms with E-state index < -0.39 is 11.8 Å². The third-order valence-electron chi connectivity index (χ3n) is 2.59. The molecule has 2 aromatic rings. The fourth-order valence-electron chi connectivity index (χ4n) is 1.61. The van der Waals surface area contributed by atoms with Crippen LogP contribution >= 0.6 is 27.5 Å². The molecule has 0 radical (unpaired) electrons. The molecule has 1 N–H and O–H groups in total. The molecule has 6 heteroatoms. The first kappa shape index (κ1) is 14.8. The SMILES string of the molecule is O=C(O)c1ccc(Br)cc1OCc1cccc(Cl)c1F. The van der Waals surface area contributed by atoms with Crippen molar-refractivity contribution in [2.45, 2.75) is 6.61 Å². The summed E-state index contributed by atoms with van der Waals surface area (Å²) >= 11 is 8.90. The van der Waals surface area contributed by atoms with Crippen LogP contribution in [0.5, 0.6) is 5.75 Å². The van der Waals surface area contributed by atoms with Gasteiger partial charge in [0.2, 0.25) is 0 Å². The molecule has 0 heterocycles.